The van der Waals surface area contributed by atoms with Crippen LogP contribution in [0.15, 0.2) is 30.3 Å². The second-order valence-corrected chi connectivity index (χ2v) is 6.55. The van der Waals surface area contributed by atoms with Gasteiger partial charge in [-0.3, -0.25) is 0 Å². The topological polar surface area (TPSA) is 38.2 Å². The number of hydrogen-bond acceptors (Lipinski definition) is 5. The summed E-state index contributed by atoms with van der Waals surface area (Å²) in [6.45, 7) is 6.97. The molecule has 1 aromatic heterocycles. The number of morpholine rings is 1. The highest BCUT2D eigenvalue weighted by atomic mass is 32.1. The molecule has 21 heavy (non-hydrogen) atoms. The van der Waals surface area contributed by atoms with E-state index in [-0.39, 0.29) is 0 Å². The van der Waals surface area contributed by atoms with E-state index in [1.807, 2.05) is 18.2 Å². The van der Waals surface area contributed by atoms with Gasteiger partial charge in [-0.15, -0.1) is 0 Å². The molecule has 0 aliphatic carbocycles. The molecule has 1 saturated heterocycles. The predicted octanol–water partition coefficient (Wildman–Crippen LogP) is 3.46. The molecule has 3 rings (SSSR count). The first kappa shape index (κ1) is 14.5. The van der Waals surface area contributed by atoms with Crippen LogP contribution in [-0.4, -0.2) is 35.2 Å². The van der Waals surface area contributed by atoms with E-state index >= 15 is 0 Å². The number of anilines is 1. The third-order valence-electron chi connectivity index (χ3n) is 3.66. The minimum Gasteiger partial charge on any atom is -0.377 e. The van der Waals surface area contributed by atoms with Gasteiger partial charge in [0.05, 0.1) is 19.3 Å². The van der Waals surface area contributed by atoms with Crippen LogP contribution in [0.4, 0.5) is 5.13 Å². The van der Waals surface area contributed by atoms with Gasteiger partial charge >= 0.3 is 0 Å². The molecule has 1 unspecified atom stereocenters. The van der Waals surface area contributed by atoms with Crippen LogP contribution in [0.3, 0.4) is 0 Å². The molecular weight excluding hydrogens is 282 g/mol. The van der Waals surface area contributed by atoms with Gasteiger partial charge in [-0.1, -0.05) is 44.2 Å². The lowest BCUT2D eigenvalue weighted by atomic mass is 10.0. The zero-order chi connectivity index (χ0) is 14.7. The lowest BCUT2D eigenvalue weighted by molar-refractivity contribution is 0.0877. The highest BCUT2D eigenvalue weighted by molar-refractivity contribution is 7.09. The fourth-order valence-electron chi connectivity index (χ4n) is 2.68. The Morgan fingerprint density at radius 1 is 1.33 bits per heavy atom. The minimum atomic E-state index is 0.412. The first-order valence-electron chi connectivity index (χ1n) is 7.47. The van der Waals surface area contributed by atoms with Gasteiger partial charge in [-0.05, 0) is 12.3 Å². The molecule has 5 heteroatoms. The summed E-state index contributed by atoms with van der Waals surface area (Å²) >= 11 is 1.49. The van der Waals surface area contributed by atoms with Crippen LogP contribution >= 0.6 is 11.5 Å². The van der Waals surface area contributed by atoms with Crippen molar-refractivity contribution in [3.05, 3.63) is 30.3 Å². The highest BCUT2D eigenvalue weighted by Crippen LogP contribution is 2.28. The Hall–Kier alpha value is -1.46. The summed E-state index contributed by atoms with van der Waals surface area (Å²) in [6.07, 6.45) is 1.13. The zero-order valence-corrected chi connectivity index (χ0v) is 13.3. The molecule has 4 nitrogen and oxygen atoms in total. The number of aromatic nitrogens is 2. The Kier molecular flexibility index (Phi) is 4.51. The summed E-state index contributed by atoms with van der Waals surface area (Å²) < 4.78 is 10.2. The molecule has 0 bridgehead atoms. The second-order valence-electron chi connectivity index (χ2n) is 5.82. The van der Waals surface area contributed by atoms with Crippen LogP contribution in [0.2, 0.25) is 0 Å². The SMILES string of the molecule is CC(C)CC1COCCN1c1nc(-c2ccccc2)ns1. The van der Waals surface area contributed by atoms with E-state index < -0.39 is 0 Å². The molecule has 1 fully saturated rings. The second kappa shape index (κ2) is 6.54. The Balaban J connectivity index is 1.80. The Morgan fingerprint density at radius 3 is 2.90 bits per heavy atom. The van der Waals surface area contributed by atoms with Crippen LogP contribution in [-0.2, 0) is 4.74 Å². The third kappa shape index (κ3) is 3.41. The van der Waals surface area contributed by atoms with Crippen molar-refractivity contribution in [2.75, 3.05) is 24.7 Å². The quantitative estimate of drug-likeness (QED) is 0.867. The van der Waals surface area contributed by atoms with E-state index in [0.717, 1.165) is 42.7 Å². The van der Waals surface area contributed by atoms with Gasteiger partial charge in [0.15, 0.2) is 5.82 Å². The number of benzene rings is 1. The zero-order valence-electron chi connectivity index (χ0n) is 12.5. The van der Waals surface area contributed by atoms with Crippen molar-refractivity contribution < 1.29 is 4.74 Å². The Bertz CT molecular complexity index is 570. The van der Waals surface area contributed by atoms with Crippen LogP contribution in [0.1, 0.15) is 20.3 Å². The number of hydrogen-bond donors (Lipinski definition) is 0. The standard InChI is InChI=1S/C16H21N3OS/c1-12(2)10-14-11-20-9-8-19(14)16-17-15(18-21-16)13-6-4-3-5-7-13/h3-7,12,14H,8-11H2,1-2H3. The molecule has 0 amide bonds. The molecule has 0 radical (unpaired) electrons. The van der Waals surface area contributed by atoms with Crippen LogP contribution in [0, 0.1) is 5.92 Å². The van der Waals surface area contributed by atoms with E-state index in [4.69, 9.17) is 9.72 Å². The van der Waals surface area contributed by atoms with Crippen LogP contribution in [0.5, 0.6) is 0 Å². The average Bonchev–Trinajstić information content (AvgIpc) is 2.98. The molecule has 1 aliphatic rings. The van der Waals surface area contributed by atoms with Crippen molar-refractivity contribution in [3.8, 4) is 11.4 Å². The van der Waals surface area contributed by atoms with E-state index in [1.165, 1.54) is 11.5 Å². The monoisotopic (exact) mass is 303 g/mol. The van der Waals surface area contributed by atoms with E-state index in [0.29, 0.717) is 12.0 Å². The van der Waals surface area contributed by atoms with E-state index in [1.54, 1.807) is 0 Å². The van der Waals surface area contributed by atoms with Crippen molar-refractivity contribution in [2.45, 2.75) is 26.3 Å². The fraction of sp³-hybridized carbons (Fsp3) is 0.500. The maximum Gasteiger partial charge on any atom is 0.205 e. The molecule has 2 heterocycles. The first-order valence-corrected chi connectivity index (χ1v) is 8.25. The Labute approximate surface area is 129 Å². The van der Waals surface area contributed by atoms with Gasteiger partial charge in [0.2, 0.25) is 5.13 Å². The van der Waals surface area contributed by atoms with Gasteiger partial charge in [-0.2, -0.15) is 9.36 Å². The molecule has 0 spiro atoms. The maximum atomic E-state index is 5.64. The van der Waals surface area contributed by atoms with Gasteiger partial charge in [0.25, 0.3) is 0 Å². The van der Waals surface area contributed by atoms with Crippen molar-refractivity contribution in [1.82, 2.24) is 9.36 Å². The third-order valence-corrected chi connectivity index (χ3v) is 4.42. The van der Waals surface area contributed by atoms with E-state index in [2.05, 4.69) is 35.3 Å². The van der Waals surface area contributed by atoms with Crippen molar-refractivity contribution in [3.63, 3.8) is 0 Å². The van der Waals surface area contributed by atoms with Gasteiger partial charge in [-0.25, -0.2) is 0 Å². The number of rotatable bonds is 4. The van der Waals surface area contributed by atoms with Crippen LogP contribution < -0.4 is 4.90 Å². The van der Waals surface area contributed by atoms with Crippen LogP contribution in [0.25, 0.3) is 11.4 Å². The minimum absolute atomic E-state index is 0.412. The highest BCUT2D eigenvalue weighted by Gasteiger charge is 2.26. The van der Waals surface area contributed by atoms with Crippen molar-refractivity contribution in [2.24, 2.45) is 5.92 Å². The summed E-state index contributed by atoms with van der Waals surface area (Å²) in [6, 6.07) is 10.6. The first-order chi connectivity index (χ1) is 10.2. The molecule has 1 atom stereocenters. The Morgan fingerprint density at radius 2 is 2.14 bits per heavy atom. The van der Waals surface area contributed by atoms with Gasteiger partial charge < -0.3 is 9.64 Å². The molecule has 2 aromatic rings. The summed E-state index contributed by atoms with van der Waals surface area (Å²) in [4.78, 5) is 7.11. The van der Waals surface area contributed by atoms with E-state index in [9.17, 15) is 0 Å². The average molecular weight is 303 g/mol. The fourth-order valence-corrected chi connectivity index (χ4v) is 3.47. The number of ether oxygens (including phenoxy) is 1. The molecule has 0 saturated carbocycles. The van der Waals surface area contributed by atoms with Crippen molar-refractivity contribution >= 4 is 16.7 Å². The lowest BCUT2D eigenvalue weighted by Crippen LogP contribution is -2.46. The summed E-state index contributed by atoms with van der Waals surface area (Å²) in [5, 5.41) is 1.02. The van der Waals surface area contributed by atoms with Crippen molar-refractivity contribution in [1.29, 1.82) is 0 Å². The molecule has 0 N–H and O–H groups in total. The normalized spacial score (nSPS) is 19.2. The predicted molar refractivity (Wildman–Crippen MR) is 86.8 cm³/mol. The van der Waals surface area contributed by atoms with Gasteiger partial charge in [0.1, 0.15) is 0 Å². The lowest BCUT2D eigenvalue weighted by Gasteiger charge is -2.36. The largest absolute Gasteiger partial charge is 0.377 e. The number of nitrogens with zero attached hydrogens (tertiary/aromatic N) is 3. The molecule has 1 aromatic carbocycles. The molecular formula is C16H21N3OS. The summed E-state index contributed by atoms with van der Waals surface area (Å²) in [7, 11) is 0. The smallest absolute Gasteiger partial charge is 0.205 e. The summed E-state index contributed by atoms with van der Waals surface area (Å²) in [5.41, 5.74) is 1.08. The summed E-state index contributed by atoms with van der Waals surface area (Å²) in [5.74, 6) is 1.48. The molecule has 1 aliphatic heterocycles. The molecule has 112 valence electrons. The van der Waals surface area contributed by atoms with Gasteiger partial charge in [0, 0.05) is 23.6 Å². The maximum absolute atomic E-state index is 5.64.